The van der Waals surface area contributed by atoms with Gasteiger partial charge in [0.15, 0.2) is 6.10 Å². The van der Waals surface area contributed by atoms with Crippen LogP contribution in [0.4, 0.5) is 0 Å². The van der Waals surface area contributed by atoms with E-state index in [0.717, 1.165) is 0 Å². The fraction of sp³-hybridized carbons (Fsp3) is 0.333. The third kappa shape index (κ3) is 4.32. The number of hydrogen-bond donors (Lipinski definition) is 3. The zero-order chi connectivity index (χ0) is 13.7. The molecule has 1 unspecified atom stereocenters. The van der Waals surface area contributed by atoms with Crippen LogP contribution in [0.2, 0.25) is 0 Å². The second-order valence-electron chi connectivity index (χ2n) is 3.88. The number of ether oxygens (including phenoxy) is 1. The number of carboxylic acids is 2. The maximum Gasteiger partial charge on any atom is 0.344 e. The van der Waals surface area contributed by atoms with E-state index in [1.807, 2.05) is 0 Å². The van der Waals surface area contributed by atoms with E-state index in [-0.39, 0.29) is 24.3 Å². The molecule has 0 saturated heterocycles. The van der Waals surface area contributed by atoms with Crippen molar-refractivity contribution >= 4 is 11.9 Å². The molecule has 0 heterocycles. The van der Waals surface area contributed by atoms with E-state index in [1.54, 1.807) is 13.0 Å². The van der Waals surface area contributed by atoms with Crippen LogP contribution in [0.25, 0.3) is 0 Å². The van der Waals surface area contributed by atoms with Crippen molar-refractivity contribution in [2.75, 3.05) is 0 Å². The van der Waals surface area contributed by atoms with Gasteiger partial charge in [0.25, 0.3) is 0 Å². The molecule has 0 aromatic heterocycles. The number of carboxylic acid groups (broad SMARTS) is 2. The first-order chi connectivity index (χ1) is 8.38. The number of aryl methyl sites for hydroxylation is 1. The van der Waals surface area contributed by atoms with Crippen molar-refractivity contribution in [3.8, 4) is 11.5 Å². The summed E-state index contributed by atoms with van der Waals surface area (Å²) in [5.74, 6) is -2.16. The van der Waals surface area contributed by atoms with Gasteiger partial charge < -0.3 is 20.1 Å². The molecule has 0 fully saturated rings. The first kappa shape index (κ1) is 13.8. The first-order valence-corrected chi connectivity index (χ1v) is 5.30. The number of phenols is 1. The van der Waals surface area contributed by atoms with Crippen LogP contribution in [0, 0.1) is 6.92 Å². The van der Waals surface area contributed by atoms with Gasteiger partial charge in [-0.15, -0.1) is 0 Å². The number of benzene rings is 1. The highest BCUT2D eigenvalue weighted by Crippen LogP contribution is 2.23. The molecule has 0 aliphatic rings. The van der Waals surface area contributed by atoms with Gasteiger partial charge in [-0.3, -0.25) is 4.79 Å². The highest BCUT2D eigenvalue weighted by atomic mass is 16.5. The summed E-state index contributed by atoms with van der Waals surface area (Å²) in [6, 6.07) is 4.35. The smallest absolute Gasteiger partial charge is 0.344 e. The Kier molecular flexibility index (Phi) is 4.53. The normalized spacial score (nSPS) is 11.8. The lowest BCUT2D eigenvalue weighted by Crippen LogP contribution is -2.27. The molecule has 1 aromatic rings. The Morgan fingerprint density at radius 3 is 2.44 bits per heavy atom. The average Bonchev–Trinajstić information content (AvgIpc) is 2.22. The Hall–Kier alpha value is -2.24. The predicted octanol–water partition coefficient (Wildman–Crippen LogP) is 1.40. The summed E-state index contributed by atoms with van der Waals surface area (Å²) in [5, 5.41) is 26.8. The molecule has 3 N–H and O–H groups in total. The van der Waals surface area contributed by atoms with E-state index in [2.05, 4.69) is 0 Å². The monoisotopic (exact) mass is 254 g/mol. The fourth-order valence-corrected chi connectivity index (χ4v) is 1.45. The van der Waals surface area contributed by atoms with Gasteiger partial charge in [-0.2, -0.15) is 0 Å². The minimum absolute atomic E-state index is 0.0348. The van der Waals surface area contributed by atoms with Gasteiger partial charge in [0, 0.05) is 18.9 Å². The van der Waals surface area contributed by atoms with Crippen LogP contribution >= 0.6 is 0 Å². The molecule has 1 atom stereocenters. The van der Waals surface area contributed by atoms with Gasteiger partial charge in [-0.25, -0.2) is 4.79 Å². The Morgan fingerprint density at radius 2 is 1.94 bits per heavy atom. The minimum Gasteiger partial charge on any atom is -0.508 e. The van der Waals surface area contributed by atoms with Crippen LogP contribution in [-0.2, 0) is 9.59 Å². The van der Waals surface area contributed by atoms with Crippen LogP contribution in [0.5, 0.6) is 11.5 Å². The quantitative estimate of drug-likeness (QED) is 0.708. The molecule has 6 heteroatoms. The molecule has 0 bridgehead atoms. The molecule has 6 nitrogen and oxygen atoms in total. The summed E-state index contributed by atoms with van der Waals surface area (Å²) in [6.07, 6.45) is -1.68. The molecule has 0 aliphatic heterocycles. The van der Waals surface area contributed by atoms with Crippen molar-refractivity contribution in [1.29, 1.82) is 0 Å². The van der Waals surface area contributed by atoms with Crippen molar-refractivity contribution < 1.29 is 29.6 Å². The molecule has 0 radical (unpaired) electrons. The van der Waals surface area contributed by atoms with E-state index in [0.29, 0.717) is 5.56 Å². The Labute approximate surface area is 103 Å². The number of rotatable bonds is 6. The van der Waals surface area contributed by atoms with Crippen LogP contribution < -0.4 is 4.74 Å². The summed E-state index contributed by atoms with van der Waals surface area (Å²) in [5.41, 5.74) is 0.715. The van der Waals surface area contributed by atoms with E-state index in [9.17, 15) is 14.7 Å². The summed E-state index contributed by atoms with van der Waals surface area (Å²) in [7, 11) is 0. The second-order valence-corrected chi connectivity index (χ2v) is 3.88. The number of aromatic hydroxyl groups is 1. The SMILES string of the molecule is Cc1cc(O)cc(OC(CCC(=O)O)C(=O)O)c1. The largest absolute Gasteiger partial charge is 0.508 e. The van der Waals surface area contributed by atoms with Gasteiger partial charge in [-0.05, 0) is 24.6 Å². The molecule has 0 amide bonds. The number of phenolic OH excluding ortho intramolecular Hbond substituents is 1. The molecule has 0 aliphatic carbocycles. The molecule has 0 spiro atoms. The molecular formula is C12H14O6. The van der Waals surface area contributed by atoms with Crippen LogP contribution in [-0.4, -0.2) is 33.4 Å². The topological polar surface area (TPSA) is 104 Å². The number of aliphatic carboxylic acids is 2. The number of hydrogen-bond acceptors (Lipinski definition) is 4. The molecule has 1 aromatic carbocycles. The lowest BCUT2D eigenvalue weighted by molar-refractivity contribution is -0.146. The number of carbonyl (C=O) groups is 2. The maximum atomic E-state index is 10.9. The lowest BCUT2D eigenvalue weighted by Gasteiger charge is -2.14. The fourth-order valence-electron chi connectivity index (χ4n) is 1.45. The van der Waals surface area contributed by atoms with E-state index >= 15 is 0 Å². The first-order valence-electron chi connectivity index (χ1n) is 5.30. The third-order valence-electron chi connectivity index (χ3n) is 2.21. The maximum absolute atomic E-state index is 10.9. The molecule has 0 saturated carbocycles. The lowest BCUT2D eigenvalue weighted by atomic mass is 10.2. The van der Waals surface area contributed by atoms with Crippen molar-refractivity contribution in [3.05, 3.63) is 23.8 Å². The van der Waals surface area contributed by atoms with E-state index in [4.69, 9.17) is 14.9 Å². The average molecular weight is 254 g/mol. The highest BCUT2D eigenvalue weighted by molar-refractivity contribution is 5.74. The van der Waals surface area contributed by atoms with Gasteiger partial charge in [0.05, 0.1) is 0 Å². The molecule has 98 valence electrons. The molecular weight excluding hydrogens is 240 g/mol. The Morgan fingerprint density at radius 1 is 1.28 bits per heavy atom. The summed E-state index contributed by atoms with van der Waals surface area (Å²) < 4.78 is 5.17. The zero-order valence-electron chi connectivity index (χ0n) is 9.79. The van der Waals surface area contributed by atoms with Gasteiger partial charge in [0.2, 0.25) is 0 Å². The summed E-state index contributed by atoms with van der Waals surface area (Å²) in [4.78, 5) is 21.3. The van der Waals surface area contributed by atoms with Crippen molar-refractivity contribution in [1.82, 2.24) is 0 Å². The molecule has 18 heavy (non-hydrogen) atoms. The zero-order valence-corrected chi connectivity index (χ0v) is 9.79. The summed E-state index contributed by atoms with van der Waals surface area (Å²) in [6.45, 7) is 1.72. The van der Waals surface area contributed by atoms with Gasteiger partial charge in [-0.1, -0.05) is 0 Å². The minimum atomic E-state index is -1.25. The van der Waals surface area contributed by atoms with Crippen molar-refractivity contribution in [2.45, 2.75) is 25.9 Å². The Bertz CT molecular complexity index is 434. The van der Waals surface area contributed by atoms with E-state index < -0.39 is 18.0 Å². The Balaban J connectivity index is 2.76. The van der Waals surface area contributed by atoms with E-state index in [1.165, 1.54) is 12.1 Å². The summed E-state index contributed by atoms with van der Waals surface area (Å²) >= 11 is 0. The van der Waals surface area contributed by atoms with Crippen molar-refractivity contribution in [3.63, 3.8) is 0 Å². The van der Waals surface area contributed by atoms with Crippen LogP contribution in [0.15, 0.2) is 18.2 Å². The predicted molar refractivity (Wildman–Crippen MR) is 61.8 cm³/mol. The van der Waals surface area contributed by atoms with Gasteiger partial charge in [0.1, 0.15) is 11.5 Å². The second kappa shape index (κ2) is 5.90. The standard InChI is InChI=1S/C12H14O6/c1-7-4-8(13)6-9(5-7)18-10(12(16)17)2-3-11(14)15/h4-6,10,13H,2-3H2,1H3,(H,14,15)(H,16,17). The van der Waals surface area contributed by atoms with Crippen molar-refractivity contribution in [2.24, 2.45) is 0 Å². The highest BCUT2D eigenvalue weighted by Gasteiger charge is 2.20. The third-order valence-corrected chi connectivity index (χ3v) is 2.21. The van der Waals surface area contributed by atoms with Crippen LogP contribution in [0.1, 0.15) is 18.4 Å². The molecule has 1 rings (SSSR count). The van der Waals surface area contributed by atoms with Crippen LogP contribution in [0.3, 0.4) is 0 Å². The van der Waals surface area contributed by atoms with Gasteiger partial charge >= 0.3 is 11.9 Å².